The van der Waals surface area contributed by atoms with Gasteiger partial charge in [0.2, 0.25) is 11.2 Å². The summed E-state index contributed by atoms with van der Waals surface area (Å²) in [4.78, 5) is 10.5. The summed E-state index contributed by atoms with van der Waals surface area (Å²) in [5.41, 5.74) is 0.983. The van der Waals surface area contributed by atoms with Gasteiger partial charge >= 0.3 is 0 Å². The Balaban J connectivity index is 1.90. The van der Waals surface area contributed by atoms with E-state index in [-0.39, 0.29) is 5.28 Å². The quantitative estimate of drug-likeness (QED) is 0.618. The van der Waals surface area contributed by atoms with Crippen molar-refractivity contribution >= 4 is 44.8 Å². The molecular weight excluding hydrogens is 327 g/mol. The molecule has 0 saturated heterocycles. The van der Waals surface area contributed by atoms with E-state index in [2.05, 4.69) is 23.0 Å². The molecule has 108 valence electrons. The van der Waals surface area contributed by atoms with Gasteiger partial charge in [0.25, 0.3) is 0 Å². The average Bonchev–Trinajstić information content (AvgIpc) is 2.87. The predicted molar refractivity (Wildman–Crippen MR) is 87.6 cm³/mol. The van der Waals surface area contributed by atoms with E-state index >= 15 is 0 Å². The Labute approximate surface area is 136 Å². The van der Waals surface area contributed by atoms with Crippen LogP contribution >= 0.6 is 34.5 Å². The minimum absolute atomic E-state index is 0.202. The molecule has 0 aliphatic heterocycles. The van der Waals surface area contributed by atoms with E-state index in [1.807, 2.05) is 24.3 Å². The van der Waals surface area contributed by atoms with Gasteiger partial charge in [-0.2, -0.15) is 4.98 Å². The van der Waals surface area contributed by atoms with Crippen molar-refractivity contribution in [3.8, 4) is 5.88 Å². The van der Waals surface area contributed by atoms with Crippen LogP contribution in [0.3, 0.4) is 0 Å². The molecule has 0 radical (unpaired) electrons. The van der Waals surface area contributed by atoms with Gasteiger partial charge in [0.1, 0.15) is 11.4 Å². The van der Waals surface area contributed by atoms with Gasteiger partial charge in [-0.05, 0) is 41.8 Å². The number of nitrogens with zero attached hydrogens (tertiary/aromatic N) is 2. The van der Waals surface area contributed by atoms with Crippen molar-refractivity contribution in [1.29, 1.82) is 0 Å². The Hall–Kier alpha value is -1.36. The highest BCUT2D eigenvalue weighted by Gasteiger charge is 2.12. The van der Waals surface area contributed by atoms with E-state index in [1.54, 1.807) is 11.3 Å². The van der Waals surface area contributed by atoms with Crippen LogP contribution in [-0.2, 0) is 13.0 Å². The minimum Gasteiger partial charge on any atom is -0.472 e. The summed E-state index contributed by atoms with van der Waals surface area (Å²) < 4.78 is 5.81. The molecule has 0 aliphatic carbocycles. The fourth-order valence-electron chi connectivity index (χ4n) is 1.98. The van der Waals surface area contributed by atoms with Crippen molar-refractivity contribution in [2.24, 2.45) is 0 Å². The van der Waals surface area contributed by atoms with E-state index in [0.29, 0.717) is 17.5 Å². The lowest BCUT2D eigenvalue weighted by molar-refractivity contribution is 0.298. The van der Waals surface area contributed by atoms with Gasteiger partial charge in [0, 0.05) is 9.90 Å². The van der Waals surface area contributed by atoms with Crippen molar-refractivity contribution < 1.29 is 4.74 Å². The Bertz CT molecular complexity index is 788. The maximum Gasteiger partial charge on any atom is 0.227 e. The lowest BCUT2D eigenvalue weighted by Gasteiger charge is -2.07. The third-order valence-electron chi connectivity index (χ3n) is 2.99. The number of aryl methyl sites for hydroxylation is 1. The normalized spacial score (nSPS) is 11.0. The standard InChI is InChI=1S/C15H12Cl2N2OS/c1-2-11-7-12-13(18-15(17)19-14(12)21-11)20-8-9-4-3-5-10(16)6-9/h3-7H,2,8H2,1H3. The molecule has 0 unspecified atom stereocenters. The maximum atomic E-state index is 5.97. The summed E-state index contributed by atoms with van der Waals surface area (Å²) in [6.07, 6.45) is 0.951. The third kappa shape index (κ3) is 3.28. The molecule has 2 heterocycles. The lowest BCUT2D eigenvalue weighted by Crippen LogP contribution is -1.98. The molecule has 0 spiro atoms. The zero-order valence-electron chi connectivity index (χ0n) is 11.3. The Morgan fingerprint density at radius 2 is 2.05 bits per heavy atom. The summed E-state index contributed by atoms with van der Waals surface area (Å²) in [6.45, 7) is 2.49. The average molecular weight is 339 g/mol. The number of aromatic nitrogens is 2. The summed E-state index contributed by atoms with van der Waals surface area (Å²) in [6, 6.07) is 9.60. The molecule has 3 rings (SSSR count). The van der Waals surface area contributed by atoms with Gasteiger partial charge < -0.3 is 4.74 Å². The maximum absolute atomic E-state index is 5.97. The molecule has 0 atom stereocenters. The number of thiophene rings is 1. The van der Waals surface area contributed by atoms with Gasteiger partial charge in [0.05, 0.1) is 5.39 Å². The zero-order chi connectivity index (χ0) is 14.8. The molecular formula is C15H12Cl2N2OS. The summed E-state index contributed by atoms with van der Waals surface area (Å²) >= 11 is 13.5. The first-order valence-corrected chi connectivity index (χ1v) is 8.06. The van der Waals surface area contributed by atoms with Gasteiger partial charge in [-0.1, -0.05) is 30.7 Å². The van der Waals surface area contributed by atoms with Gasteiger partial charge in [-0.15, -0.1) is 11.3 Å². The monoisotopic (exact) mass is 338 g/mol. The van der Waals surface area contributed by atoms with E-state index < -0.39 is 0 Å². The minimum atomic E-state index is 0.202. The number of hydrogen-bond acceptors (Lipinski definition) is 4. The molecule has 3 aromatic rings. The fourth-order valence-corrected chi connectivity index (χ4v) is 3.37. The van der Waals surface area contributed by atoms with Crippen molar-refractivity contribution in [3.63, 3.8) is 0 Å². The van der Waals surface area contributed by atoms with E-state index in [1.165, 1.54) is 4.88 Å². The summed E-state index contributed by atoms with van der Waals surface area (Å²) in [5.74, 6) is 0.515. The van der Waals surface area contributed by atoms with Gasteiger partial charge in [-0.3, -0.25) is 0 Å². The van der Waals surface area contributed by atoms with Crippen molar-refractivity contribution in [2.75, 3.05) is 0 Å². The van der Waals surface area contributed by atoms with Crippen LogP contribution in [0.4, 0.5) is 0 Å². The highest BCUT2D eigenvalue weighted by molar-refractivity contribution is 7.18. The molecule has 21 heavy (non-hydrogen) atoms. The molecule has 6 heteroatoms. The number of benzene rings is 1. The summed E-state index contributed by atoms with van der Waals surface area (Å²) in [7, 11) is 0. The van der Waals surface area contributed by atoms with E-state index in [4.69, 9.17) is 27.9 Å². The largest absolute Gasteiger partial charge is 0.472 e. The molecule has 0 N–H and O–H groups in total. The third-order valence-corrected chi connectivity index (χ3v) is 4.57. The number of fused-ring (bicyclic) bond motifs is 1. The van der Waals surface area contributed by atoms with Crippen LogP contribution in [0, 0.1) is 0 Å². The fraction of sp³-hybridized carbons (Fsp3) is 0.200. The Morgan fingerprint density at radius 1 is 1.19 bits per heavy atom. The SMILES string of the molecule is CCc1cc2c(OCc3cccc(Cl)c3)nc(Cl)nc2s1. The van der Waals surface area contributed by atoms with Crippen LogP contribution in [0.15, 0.2) is 30.3 Å². The summed E-state index contributed by atoms with van der Waals surface area (Å²) in [5, 5.41) is 1.79. The lowest BCUT2D eigenvalue weighted by atomic mass is 10.2. The first-order valence-electron chi connectivity index (χ1n) is 6.49. The Kier molecular flexibility index (Phi) is 4.29. The van der Waals surface area contributed by atoms with E-state index in [9.17, 15) is 0 Å². The molecule has 0 aliphatic rings. The van der Waals surface area contributed by atoms with Crippen LogP contribution < -0.4 is 4.74 Å². The first-order chi connectivity index (χ1) is 10.2. The second-order valence-electron chi connectivity index (χ2n) is 4.50. The predicted octanol–water partition coefficient (Wildman–Crippen LogP) is 5.14. The topological polar surface area (TPSA) is 35.0 Å². The van der Waals surface area contributed by atoms with Crippen LogP contribution in [0.2, 0.25) is 10.3 Å². The van der Waals surface area contributed by atoms with Crippen molar-refractivity contribution in [2.45, 2.75) is 20.0 Å². The van der Waals surface area contributed by atoms with Gasteiger partial charge in [-0.25, -0.2) is 4.98 Å². The van der Waals surface area contributed by atoms with Crippen LogP contribution in [0.5, 0.6) is 5.88 Å². The molecule has 2 aromatic heterocycles. The molecule has 0 bridgehead atoms. The molecule has 0 amide bonds. The van der Waals surface area contributed by atoms with Crippen molar-refractivity contribution in [3.05, 3.63) is 51.1 Å². The van der Waals surface area contributed by atoms with Crippen LogP contribution in [0.1, 0.15) is 17.4 Å². The number of ether oxygens (including phenoxy) is 1. The second-order valence-corrected chi connectivity index (χ2v) is 6.39. The molecule has 3 nitrogen and oxygen atoms in total. The van der Waals surface area contributed by atoms with Gasteiger partial charge in [0.15, 0.2) is 0 Å². The van der Waals surface area contributed by atoms with Crippen LogP contribution in [-0.4, -0.2) is 9.97 Å². The number of rotatable bonds is 4. The molecule has 0 saturated carbocycles. The number of hydrogen-bond donors (Lipinski definition) is 0. The smallest absolute Gasteiger partial charge is 0.227 e. The molecule has 1 aromatic carbocycles. The zero-order valence-corrected chi connectivity index (χ0v) is 13.6. The Morgan fingerprint density at radius 3 is 2.81 bits per heavy atom. The van der Waals surface area contributed by atoms with E-state index in [0.717, 1.165) is 22.2 Å². The highest BCUT2D eigenvalue weighted by atomic mass is 35.5. The molecule has 0 fully saturated rings. The second kappa shape index (κ2) is 6.18. The number of halogens is 2. The van der Waals surface area contributed by atoms with Crippen molar-refractivity contribution in [1.82, 2.24) is 9.97 Å². The first kappa shape index (κ1) is 14.6. The van der Waals surface area contributed by atoms with Crippen LogP contribution in [0.25, 0.3) is 10.2 Å². The highest BCUT2D eigenvalue weighted by Crippen LogP contribution is 2.32.